The van der Waals surface area contributed by atoms with Crippen molar-refractivity contribution < 1.29 is 4.42 Å². The Bertz CT molecular complexity index is 719. The summed E-state index contributed by atoms with van der Waals surface area (Å²) in [5.74, 6) is 0.977. The predicted molar refractivity (Wildman–Crippen MR) is 84.7 cm³/mol. The molecule has 1 unspecified atom stereocenters. The van der Waals surface area contributed by atoms with E-state index in [2.05, 4.69) is 17.6 Å². The number of thiol groups is 1. The maximum absolute atomic E-state index is 9.00. The fraction of sp³-hybridized carbons (Fsp3) is 0.0588. The Morgan fingerprint density at radius 2 is 1.52 bits per heavy atom. The molecule has 0 aliphatic rings. The van der Waals surface area contributed by atoms with E-state index < -0.39 is 5.25 Å². The van der Waals surface area contributed by atoms with Crippen LogP contribution in [0.25, 0.3) is 22.6 Å². The van der Waals surface area contributed by atoms with Gasteiger partial charge in [0.15, 0.2) is 11.0 Å². The number of hydrogen-bond acceptors (Lipinski definition) is 4. The number of benzene rings is 2. The van der Waals surface area contributed by atoms with Gasteiger partial charge in [-0.1, -0.05) is 60.7 Å². The molecule has 0 aliphatic heterocycles. The van der Waals surface area contributed by atoms with Crippen LogP contribution in [0.1, 0.15) is 11.1 Å². The smallest absolute Gasteiger partial charge is 0.222 e. The van der Waals surface area contributed by atoms with Gasteiger partial charge >= 0.3 is 0 Å². The first kappa shape index (κ1) is 13.5. The van der Waals surface area contributed by atoms with E-state index in [1.54, 1.807) is 0 Å². The molecule has 3 rings (SSSR count). The van der Waals surface area contributed by atoms with Gasteiger partial charge in [-0.25, -0.2) is 4.98 Å². The molecule has 4 heteroatoms. The maximum atomic E-state index is 9.00. The molecule has 1 heterocycles. The molecule has 0 saturated heterocycles. The molecular weight excluding hydrogens is 280 g/mol. The van der Waals surface area contributed by atoms with Crippen LogP contribution in [0, 0.1) is 11.3 Å². The zero-order chi connectivity index (χ0) is 14.7. The number of nitriles is 1. The highest BCUT2D eigenvalue weighted by Crippen LogP contribution is 2.35. The lowest BCUT2D eigenvalue weighted by Crippen LogP contribution is -1.86. The molecule has 0 N–H and O–H groups in total. The zero-order valence-electron chi connectivity index (χ0n) is 11.1. The van der Waals surface area contributed by atoms with Crippen molar-refractivity contribution in [2.75, 3.05) is 0 Å². The van der Waals surface area contributed by atoms with Crippen LogP contribution in [0.5, 0.6) is 0 Å². The van der Waals surface area contributed by atoms with Gasteiger partial charge in [0.2, 0.25) is 5.89 Å². The van der Waals surface area contributed by atoms with Crippen molar-refractivity contribution in [1.82, 2.24) is 4.98 Å². The Balaban J connectivity index is 2.18. The first-order valence-corrected chi connectivity index (χ1v) is 7.00. The molecule has 0 bridgehead atoms. The number of oxazole rings is 1. The van der Waals surface area contributed by atoms with Crippen molar-refractivity contribution in [3.63, 3.8) is 0 Å². The van der Waals surface area contributed by atoms with Gasteiger partial charge in [-0.3, -0.25) is 0 Å². The first-order valence-electron chi connectivity index (χ1n) is 6.49. The summed E-state index contributed by atoms with van der Waals surface area (Å²) >= 11 is 4.19. The molecule has 1 atom stereocenters. The summed E-state index contributed by atoms with van der Waals surface area (Å²) < 4.78 is 5.80. The van der Waals surface area contributed by atoms with Gasteiger partial charge in [-0.15, -0.1) is 0 Å². The number of rotatable bonds is 3. The second-order valence-electron chi connectivity index (χ2n) is 4.49. The molecule has 0 fully saturated rings. The van der Waals surface area contributed by atoms with Gasteiger partial charge in [0, 0.05) is 11.1 Å². The van der Waals surface area contributed by atoms with Crippen molar-refractivity contribution in [3.8, 4) is 28.7 Å². The quantitative estimate of drug-likeness (QED) is 0.723. The largest absolute Gasteiger partial charge is 0.438 e. The third kappa shape index (κ3) is 2.69. The molecule has 0 aliphatic carbocycles. The molecular formula is C17H12N2OS. The van der Waals surface area contributed by atoms with E-state index in [9.17, 15) is 0 Å². The number of hydrogen-bond donors (Lipinski definition) is 1. The highest BCUT2D eigenvalue weighted by Gasteiger charge is 2.20. The number of aromatic nitrogens is 1. The molecule has 0 amide bonds. The van der Waals surface area contributed by atoms with Crippen LogP contribution in [-0.4, -0.2) is 4.98 Å². The fourth-order valence-corrected chi connectivity index (χ4v) is 2.20. The van der Waals surface area contributed by atoms with Gasteiger partial charge in [0.25, 0.3) is 0 Å². The Hall–Kier alpha value is -2.51. The van der Waals surface area contributed by atoms with Crippen LogP contribution in [0.3, 0.4) is 0 Å². The van der Waals surface area contributed by atoms with E-state index in [0.29, 0.717) is 11.7 Å². The summed E-state index contributed by atoms with van der Waals surface area (Å²) in [7, 11) is 0. The average molecular weight is 292 g/mol. The van der Waals surface area contributed by atoms with Crippen molar-refractivity contribution in [2.24, 2.45) is 0 Å². The van der Waals surface area contributed by atoms with Crippen LogP contribution in [-0.2, 0) is 0 Å². The summed E-state index contributed by atoms with van der Waals surface area (Å²) in [6, 6.07) is 21.5. The molecule has 21 heavy (non-hydrogen) atoms. The van der Waals surface area contributed by atoms with Gasteiger partial charge in [0.05, 0.1) is 6.07 Å². The fourth-order valence-electron chi connectivity index (χ4n) is 2.09. The summed E-state index contributed by atoms with van der Waals surface area (Å²) in [5, 5.41) is 8.33. The molecule has 102 valence electrons. The monoisotopic (exact) mass is 292 g/mol. The SMILES string of the molecule is N#CC(S)c1nc(-c2ccccc2)c(-c2ccccc2)o1. The van der Waals surface area contributed by atoms with Crippen molar-refractivity contribution in [2.45, 2.75) is 5.25 Å². The molecule has 3 nitrogen and oxygen atoms in total. The molecule has 0 saturated carbocycles. The van der Waals surface area contributed by atoms with Crippen molar-refractivity contribution >= 4 is 12.6 Å². The van der Waals surface area contributed by atoms with Crippen LogP contribution < -0.4 is 0 Å². The van der Waals surface area contributed by atoms with E-state index in [-0.39, 0.29) is 0 Å². The van der Waals surface area contributed by atoms with Crippen LogP contribution in [0.15, 0.2) is 65.1 Å². The third-order valence-corrected chi connectivity index (χ3v) is 3.42. The van der Waals surface area contributed by atoms with E-state index in [0.717, 1.165) is 16.8 Å². The molecule has 2 aromatic carbocycles. The third-order valence-electron chi connectivity index (χ3n) is 3.08. The predicted octanol–water partition coefficient (Wildman–Crippen LogP) is 4.50. The van der Waals surface area contributed by atoms with Crippen LogP contribution in [0.2, 0.25) is 0 Å². The minimum absolute atomic E-state index is 0.318. The lowest BCUT2D eigenvalue weighted by Gasteiger charge is -2.00. The average Bonchev–Trinajstić information content (AvgIpc) is 3.01. The van der Waals surface area contributed by atoms with Crippen LogP contribution >= 0.6 is 12.6 Å². The Kier molecular flexibility index (Phi) is 3.76. The van der Waals surface area contributed by atoms with E-state index in [4.69, 9.17) is 9.68 Å². The van der Waals surface area contributed by atoms with E-state index in [1.807, 2.05) is 66.7 Å². The molecule has 0 radical (unpaired) electrons. The Morgan fingerprint density at radius 3 is 2.10 bits per heavy atom. The van der Waals surface area contributed by atoms with Crippen LogP contribution in [0.4, 0.5) is 0 Å². The molecule has 3 aromatic rings. The van der Waals surface area contributed by atoms with E-state index >= 15 is 0 Å². The maximum Gasteiger partial charge on any atom is 0.222 e. The number of nitrogens with zero attached hydrogens (tertiary/aromatic N) is 2. The lowest BCUT2D eigenvalue weighted by atomic mass is 10.1. The Labute approximate surface area is 128 Å². The molecule has 0 spiro atoms. The lowest BCUT2D eigenvalue weighted by molar-refractivity contribution is 0.521. The highest BCUT2D eigenvalue weighted by molar-refractivity contribution is 7.80. The van der Waals surface area contributed by atoms with Gasteiger partial charge in [-0.05, 0) is 0 Å². The van der Waals surface area contributed by atoms with Gasteiger partial charge in [-0.2, -0.15) is 17.9 Å². The summed E-state index contributed by atoms with van der Waals surface area (Å²) in [5.41, 5.74) is 2.60. The molecule has 1 aromatic heterocycles. The van der Waals surface area contributed by atoms with E-state index in [1.165, 1.54) is 0 Å². The standard InChI is InChI=1S/C17H12N2OS/c18-11-14(21)17-19-15(12-7-3-1-4-8-12)16(20-17)13-9-5-2-6-10-13/h1-10,14,21H. The zero-order valence-corrected chi connectivity index (χ0v) is 12.0. The Morgan fingerprint density at radius 1 is 0.952 bits per heavy atom. The summed E-state index contributed by atoms with van der Waals surface area (Å²) in [6.07, 6.45) is 0. The second-order valence-corrected chi connectivity index (χ2v) is 5.01. The summed E-state index contributed by atoms with van der Waals surface area (Å²) in [6.45, 7) is 0. The summed E-state index contributed by atoms with van der Waals surface area (Å²) in [4.78, 5) is 4.46. The minimum atomic E-state index is -0.676. The normalized spacial score (nSPS) is 11.8. The van der Waals surface area contributed by atoms with Crippen molar-refractivity contribution in [3.05, 3.63) is 66.6 Å². The van der Waals surface area contributed by atoms with Gasteiger partial charge < -0.3 is 4.42 Å². The van der Waals surface area contributed by atoms with Gasteiger partial charge in [0.1, 0.15) is 5.69 Å². The second kappa shape index (κ2) is 5.86. The minimum Gasteiger partial charge on any atom is -0.438 e. The first-order chi connectivity index (χ1) is 10.3. The highest BCUT2D eigenvalue weighted by atomic mass is 32.1. The topological polar surface area (TPSA) is 49.8 Å². The van der Waals surface area contributed by atoms with Crippen molar-refractivity contribution in [1.29, 1.82) is 5.26 Å².